The average Bonchev–Trinajstić information content (AvgIpc) is 2.48. The molecule has 3 N–H and O–H groups in total. The first kappa shape index (κ1) is 17.4. The molecule has 0 spiro atoms. The van der Waals surface area contributed by atoms with Gasteiger partial charge in [-0.3, -0.25) is 0 Å². The maximum atomic E-state index is 11.5. The van der Waals surface area contributed by atoms with E-state index in [9.17, 15) is 9.90 Å². The van der Waals surface area contributed by atoms with Crippen molar-refractivity contribution in [1.82, 2.24) is 5.32 Å². The molecule has 6 nitrogen and oxygen atoms in total. The zero-order valence-electron chi connectivity index (χ0n) is 12.2. The van der Waals surface area contributed by atoms with Gasteiger partial charge in [-0.15, -0.1) is 0 Å². The van der Waals surface area contributed by atoms with E-state index in [1.165, 1.54) is 0 Å². The second-order valence-electron chi connectivity index (χ2n) is 4.46. The van der Waals surface area contributed by atoms with Crippen molar-refractivity contribution >= 4 is 5.97 Å². The summed E-state index contributed by atoms with van der Waals surface area (Å²) in [5, 5.41) is 21.2. The quantitative estimate of drug-likeness (QED) is 0.432. The molecule has 0 aliphatic heterocycles. The van der Waals surface area contributed by atoms with Crippen molar-refractivity contribution in [1.29, 1.82) is 0 Å². The van der Waals surface area contributed by atoms with E-state index in [0.29, 0.717) is 44.0 Å². The van der Waals surface area contributed by atoms with Crippen LogP contribution in [0.15, 0.2) is 24.3 Å². The Bertz CT molecular complexity index is 407. The zero-order valence-corrected chi connectivity index (χ0v) is 12.2. The first-order valence-corrected chi connectivity index (χ1v) is 7.07. The number of aliphatic hydroxyl groups is 2. The highest BCUT2D eigenvalue weighted by molar-refractivity contribution is 5.89. The van der Waals surface area contributed by atoms with E-state index in [2.05, 4.69) is 5.32 Å². The Balaban J connectivity index is 2.28. The first-order valence-electron chi connectivity index (χ1n) is 7.07. The molecule has 0 radical (unpaired) electrons. The van der Waals surface area contributed by atoms with E-state index in [4.69, 9.17) is 14.6 Å². The number of carbonyl (C=O) groups is 1. The fourth-order valence-corrected chi connectivity index (χ4v) is 1.66. The summed E-state index contributed by atoms with van der Waals surface area (Å²) in [5.74, 6) is 0.285. The van der Waals surface area contributed by atoms with Gasteiger partial charge in [-0.05, 0) is 31.2 Å². The van der Waals surface area contributed by atoms with Gasteiger partial charge in [0.25, 0.3) is 0 Å². The summed E-state index contributed by atoms with van der Waals surface area (Å²) in [6, 6.07) is 6.68. The summed E-state index contributed by atoms with van der Waals surface area (Å²) >= 11 is 0. The zero-order chi connectivity index (χ0) is 15.5. The van der Waals surface area contributed by atoms with Crippen LogP contribution >= 0.6 is 0 Å². The number of carbonyl (C=O) groups excluding carboxylic acids is 1. The van der Waals surface area contributed by atoms with Crippen LogP contribution < -0.4 is 10.1 Å². The summed E-state index contributed by atoms with van der Waals surface area (Å²) in [7, 11) is 0. The monoisotopic (exact) mass is 297 g/mol. The molecular weight excluding hydrogens is 274 g/mol. The normalized spacial score (nSPS) is 12.0. The molecule has 0 amide bonds. The van der Waals surface area contributed by atoms with Crippen molar-refractivity contribution in [3.05, 3.63) is 29.8 Å². The van der Waals surface area contributed by atoms with E-state index >= 15 is 0 Å². The fraction of sp³-hybridized carbons (Fsp3) is 0.533. The predicted octanol–water partition coefficient (Wildman–Crippen LogP) is 0.575. The fourth-order valence-electron chi connectivity index (χ4n) is 1.66. The lowest BCUT2D eigenvalue weighted by molar-refractivity contribution is 0.0526. The Morgan fingerprint density at radius 3 is 2.67 bits per heavy atom. The molecule has 1 aromatic rings. The summed E-state index contributed by atoms with van der Waals surface area (Å²) in [6.07, 6.45) is -0.0340. The summed E-state index contributed by atoms with van der Waals surface area (Å²) in [5.41, 5.74) is 0.484. The van der Waals surface area contributed by atoms with Crippen molar-refractivity contribution in [2.45, 2.75) is 19.4 Å². The third-order valence-corrected chi connectivity index (χ3v) is 2.75. The van der Waals surface area contributed by atoms with Crippen LogP contribution in [0.5, 0.6) is 5.75 Å². The van der Waals surface area contributed by atoms with Gasteiger partial charge in [0.05, 0.1) is 31.5 Å². The summed E-state index contributed by atoms with van der Waals surface area (Å²) < 4.78 is 10.4. The van der Waals surface area contributed by atoms with Crippen LogP contribution in [-0.4, -0.2) is 55.2 Å². The number of aliphatic hydroxyl groups excluding tert-OH is 2. The lowest BCUT2D eigenvalue weighted by atomic mass is 10.2. The highest BCUT2D eigenvalue weighted by atomic mass is 16.5. The molecule has 0 fully saturated rings. The van der Waals surface area contributed by atoms with Gasteiger partial charge < -0.3 is 25.0 Å². The van der Waals surface area contributed by atoms with Crippen LogP contribution in [0.2, 0.25) is 0 Å². The summed E-state index contributed by atoms with van der Waals surface area (Å²) in [6.45, 7) is 3.42. The molecule has 1 atom stereocenters. The first-order chi connectivity index (χ1) is 10.2. The number of hydrogen-bond donors (Lipinski definition) is 3. The molecular formula is C15H23NO5. The molecule has 118 valence electrons. The molecule has 0 bridgehead atoms. The Morgan fingerprint density at radius 2 is 2.05 bits per heavy atom. The van der Waals surface area contributed by atoms with Crippen LogP contribution in [0.3, 0.4) is 0 Å². The van der Waals surface area contributed by atoms with E-state index in [0.717, 1.165) is 0 Å². The number of rotatable bonds is 10. The Hall–Kier alpha value is -1.63. The predicted molar refractivity (Wildman–Crippen MR) is 78.5 cm³/mol. The van der Waals surface area contributed by atoms with Gasteiger partial charge in [-0.2, -0.15) is 0 Å². The topological polar surface area (TPSA) is 88.0 Å². The van der Waals surface area contributed by atoms with Crippen LogP contribution in [0.25, 0.3) is 0 Å². The number of nitrogens with one attached hydrogen (secondary N) is 1. The number of benzene rings is 1. The molecule has 0 aromatic heterocycles. The van der Waals surface area contributed by atoms with E-state index in [-0.39, 0.29) is 12.6 Å². The smallest absolute Gasteiger partial charge is 0.338 e. The SMILES string of the molecule is CCOC(=O)c1ccc(OCCC(O)CNCCO)cc1. The summed E-state index contributed by atoms with van der Waals surface area (Å²) in [4.78, 5) is 11.5. The van der Waals surface area contributed by atoms with Crippen LogP contribution in [0.1, 0.15) is 23.7 Å². The molecule has 6 heteroatoms. The minimum absolute atomic E-state index is 0.0516. The van der Waals surface area contributed by atoms with Gasteiger partial charge in [-0.25, -0.2) is 4.79 Å². The molecule has 1 unspecified atom stereocenters. The van der Waals surface area contributed by atoms with Gasteiger partial charge in [0, 0.05) is 19.5 Å². The van der Waals surface area contributed by atoms with Crippen molar-refractivity contribution in [2.75, 3.05) is 32.9 Å². The highest BCUT2D eigenvalue weighted by Gasteiger charge is 2.07. The van der Waals surface area contributed by atoms with Crippen LogP contribution in [0.4, 0.5) is 0 Å². The molecule has 0 heterocycles. The molecule has 0 saturated carbocycles. The Labute approximate surface area is 124 Å². The van der Waals surface area contributed by atoms with Crippen molar-refractivity contribution in [2.24, 2.45) is 0 Å². The maximum Gasteiger partial charge on any atom is 0.338 e. The minimum atomic E-state index is -0.518. The third kappa shape index (κ3) is 7.08. The molecule has 0 aliphatic carbocycles. The van der Waals surface area contributed by atoms with Gasteiger partial charge in [0.1, 0.15) is 5.75 Å². The highest BCUT2D eigenvalue weighted by Crippen LogP contribution is 2.13. The standard InChI is InChI=1S/C15H23NO5/c1-2-20-15(19)12-3-5-14(6-4-12)21-10-7-13(18)11-16-8-9-17/h3-6,13,16-18H,2,7-11H2,1H3. The van der Waals surface area contributed by atoms with E-state index in [1.807, 2.05) is 0 Å². The number of esters is 1. The van der Waals surface area contributed by atoms with Crippen molar-refractivity contribution in [3.8, 4) is 5.75 Å². The lowest BCUT2D eigenvalue weighted by Crippen LogP contribution is -2.30. The Morgan fingerprint density at radius 1 is 1.33 bits per heavy atom. The van der Waals surface area contributed by atoms with Crippen LogP contribution in [0, 0.1) is 0 Å². The molecule has 1 rings (SSSR count). The van der Waals surface area contributed by atoms with Crippen molar-refractivity contribution in [3.63, 3.8) is 0 Å². The number of hydrogen-bond acceptors (Lipinski definition) is 6. The molecule has 1 aromatic carbocycles. The van der Waals surface area contributed by atoms with Crippen molar-refractivity contribution < 1.29 is 24.5 Å². The number of ether oxygens (including phenoxy) is 2. The maximum absolute atomic E-state index is 11.5. The lowest BCUT2D eigenvalue weighted by Gasteiger charge is -2.12. The van der Waals surface area contributed by atoms with Gasteiger partial charge in [0.2, 0.25) is 0 Å². The Kier molecular flexibility index (Phi) is 8.42. The third-order valence-electron chi connectivity index (χ3n) is 2.75. The molecule has 21 heavy (non-hydrogen) atoms. The van der Waals surface area contributed by atoms with E-state index in [1.54, 1.807) is 31.2 Å². The second kappa shape index (κ2) is 10.1. The van der Waals surface area contributed by atoms with Gasteiger partial charge in [-0.1, -0.05) is 0 Å². The van der Waals surface area contributed by atoms with Gasteiger partial charge in [0.15, 0.2) is 0 Å². The van der Waals surface area contributed by atoms with Gasteiger partial charge >= 0.3 is 5.97 Å². The largest absolute Gasteiger partial charge is 0.493 e. The minimum Gasteiger partial charge on any atom is -0.493 e. The van der Waals surface area contributed by atoms with E-state index < -0.39 is 6.10 Å². The van der Waals surface area contributed by atoms with Crippen LogP contribution in [-0.2, 0) is 4.74 Å². The second-order valence-corrected chi connectivity index (χ2v) is 4.46. The molecule has 0 saturated heterocycles. The average molecular weight is 297 g/mol. The molecule has 0 aliphatic rings.